The molecule has 0 saturated carbocycles. The van der Waals surface area contributed by atoms with E-state index in [4.69, 9.17) is 15.0 Å². The van der Waals surface area contributed by atoms with Gasteiger partial charge in [0.15, 0.2) is 11.6 Å². The molecule has 2 saturated heterocycles. The standard InChI is InChI=1S/C26H33F2N7O2/c1-3-4-24-32-26(37-33-24)34-9-7-17(8-10-34)16(2)36-19-12-30-25(31-13-19)35-14-21(23(29)15-35)20-11-18(27)5-6-22(20)28/h5-6,11-13,16-17,21,23H,3-4,7-10,14-15,29H2,1-2H3/t16-,21+,23-/m0/s1. The molecule has 4 heterocycles. The minimum Gasteiger partial charge on any atom is -0.487 e. The molecule has 9 nitrogen and oxygen atoms in total. The number of hydrogen-bond acceptors (Lipinski definition) is 9. The molecular weight excluding hydrogens is 480 g/mol. The Hall–Kier alpha value is -3.34. The van der Waals surface area contributed by atoms with Crippen LogP contribution in [0.25, 0.3) is 0 Å². The third-order valence-electron chi connectivity index (χ3n) is 7.35. The lowest BCUT2D eigenvalue weighted by Crippen LogP contribution is -2.38. The monoisotopic (exact) mass is 513 g/mol. The first-order chi connectivity index (χ1) is 17.9. The van der Waals surface area contributed by atoms with Gasteiger partial charge in [-0.15, -0.1) is 0 Å². The number of aromatic nitrogens is 4. The van der Waals surface area contributed by atoms with E-state index >= 15 is 0 Å². The summed E-state index contributed by atoms with van der Waals surface area (Å²) in [5.74, 6) is 0.953. The van der Waals surface area contributed by atoms with E-state index in [-0.39, 0.29) is 23.6 Å². The summed E-state index contributed by atoms with van der Waals surface area (Å²) in [6.45, 7) is 6.70. The Morgan fingerprint density at radius 1 is 1.14 bits per heavy atom. The second-order valence-electron chi connectivity index (χ2n) is 9.95. The number of nitrogens with zero attached hydrogens (tertiary/aromatic N) is 6. The molecule has 3 aromatic rings. The van der Waals surface area contributed by atoms with Gasteiger partial charge in [0.25, 0.3) is 0 Å². The van der Waals surface area contributed by atoms with Crippen LogP contribution >= 0.6 is 0 Å². The van der Waals surface area contributed by atoms with Gasteiger partial charge in [0.2, 0.25) is 5.95 Å². The maximum atomic E-state index is 14.3. The number of aryl methyl sites for hydroxylation is 1. The van der Waals surface area contributed by atoms with Gasteiger partial charge in [-0.25, -0.2) is 18.7 Å². The van der Waals surface area contributed by atoms with Gasteiger partial charge in [0.1, 0.15) is 11.6 Å². The molecule has 0 radical (unpaired) electrons. The highest BCUT2D eigenvalue weighted by molar-refractivity contribution is 5.39. The smallest absolute Gasteiger partial charge is 0.324 e. The predicted octanol–water partition coefficient (Wildman–Crippen LogP) is 3.71. The molecule has 0 unspecified atom stereocenters. The van der Waals surface area contributed by atoms with Crippen molar-refractivity contribution in [1.29, 1.82) is 0 Å². The molecular formula is C26H33F2N7O2. The van der Waals surface area contributed by atoms with Gasteiger partial charge in [0.05, 0.1) is 18.5 Å². The molecule has 0 amide bonds. The molecule has 3 atom stereocenters. The molecule has 5 rings (SSSR count). The quantitative estimate of drug-likeness (QED) is 0.482. The summed E-state index contributed by atoms with van der Waals surface area (Å²) in [6, 6.07) is 3.72. The lowest BCUT2D eigenvalue weighted by atomic mass is 9.92. The number of halogens is 2. The van der Waals surface area contributed by atoms with Crippen molar-refractivity contribution in [3.8, 4) is 5.75 Å². The van der Waals surface area contributed by atoms with Crippen LogP contribution in [-0.2, 0) is 6.42 Å². The van der Waals surface area contributed by atoms with Crippen LogP contribution in [0.3, 0.4) is 0 Å². The van der Waals surface area contributed by atoms with Crippen LogP contribution in [0.2, 0.25) is 0 Å². The molecule has 11 heteroatoms. The summed E-state index contributed by atoms with van der Waals surface area (Å²) in [5.41, 5.74) is 6.56. The first-order valence-corrected chi connectivity index (χ1v) is 12.9. The summed E-state index contributed by atoms with van der Waals surface area (Å²) in [5, 5.41) is 4.05. The molecule has 0 spiro atoms. The second-order valence-corrected chi connectivity index (χ2v) is 9.95. The Morgan fingerprint density at radius 3 is 2.62 bits per heavy atom. The van der Waals surface area contributed by atoms with Crippen molar-refractivity contribution >= 4 is 12.0 Å². The summed E-state index contributed by atoms with van der Waals surface area (Å²) < 4.78 is 39.6. The van der Waals surface area contributed by atoms with Crippen molar-refractivity contribution in [3.05, 3.63) is 53.6 Å². The van der Waals surface area contributed by atoms with E-state index in [0.717, 1.165) is 56.7 Å². The summed E-state index contributed by atoms with van der Waals surface area (Å²) >= 11 is 0. The van der Waals surface area contributed by atoms with Crippen LogP contribution in [-0.4, -0.2) is 58.4 Å². The molecule has 0 bridgehead atoms. The summed E-state index contributed by atoms with van der Waals surface area (Å²) in [4.78, 5) is 17.4. The zero-order valence-electron chi connectivity index (χ0n) is 21.2. The fourth-order valence-corrected chi connectivity index (χ4v) is 5.22. The molecule has 2 aliphatic rings. The fraction of sp³-hybridized carbons (Fsp3) is 0.538. The van der Waals surface area contributed by atoms with E-state index < -0.39 is 11.6 Å². The Kier molecular flexibility index (Phi) is 7.50. The van der Waals surface area contributed by atoms with Crippen LogP contribution < -0.4 is 20.3 Å². The first-order valence-electron chi connectivity index (χ1n) is 12.9. The van der Waals surface area contributed by atoms with E-state index in [0.29, 0.717) is 36.7 Å². The summed E-state index contributed by atoms with van der Waals surface area (Å²) in [6.07, 6.45) is 7.02. The lowest BCUT2D eigenvalue weighted by molar-refractivity contribution is 0.131. The van der Waals surface area contributed by atoms with Gasteiger partial charge >= 0.3 is 6.01 Å². The summed E-state index contributed by atoms with van der Waals surface area (Å²) in [7, 11) is 0. The largest absolute Gasteiger partial charge is 0.487 e. The van der Waals surface area contributed by atoms with Gasteiger partial charge in [-0.1, -0.05) is 12.1 Å². The van der Waals surface area contributed by atoms with Gasteiger partial charge in [0, 0.05) is 44.6 Å². The van der Waals surface area contributed by atoms with Crippen LogP contribution in [0.4, 0.5) is 20.7 Å². The van der Waals surface area contributed by atoms with E-state index in [1.54, 1.807) is 12.4 Å². The van der Waals surface area contributed by atoms with Gasteiger partial charge in [-0.3, -0.25) is 0 Å². The average molecular weight is 514 g/mol. The predicted molar refractivity (Wildman–Crippen MR) is 135 cm³/mol. The van der Waals surface area contributed by atoms with Crippen molar-refractivity contribution < 1.29 is 18.0 Å². The highest BCUT2D eigenvalue weighted by Gasteiger charge is 2.34. The van der Waals surface area contributed by atoms with Crippen LogP contribution in [0, 0.1) is 17.6 Å². The highest BCUT2D eigenvalue weighted by atomic mass is 19.1. The Balaban J connectivity index is 1.14. The third-order valence-corrected chi connectivity index (χ3v) is 7.35. The number of ether oxygens (including phenoxy) is 1. The number of benzene rings is 1. The third kappa shape index (κ3) is 5.66. The van der Waals surface area contributed by atoms with Crippen molar-refractivity contribution in [3.63, 3.8) is 0 Å². The molecule has 2 aromatic heterocycles. The highest BCUT2D eigenvalue weighted by Crippen LogP contribution is 2.31. The minimum atomic E-state index is -0.477. The first kappa shape index (κ1) is 25.3. The normalized spacial score (nSPS) is 21.4. The van der Waals surface area contributed by atoms with E-state index in [9.17, 15) is 8.78 Å². The van der Waals surface area contributed by atoms with Crippen molar-refractivity contribution in [2.45, 2.75) is 57.6 Å². The minimum absolute atomic E-state index is 0.00419. The van der Waals surface area contributed by atoms with E-state index in [2.05, 4.69) is 38.9 Å². The molecule has 37 heavy (non-hydrogen) atoms. The number of nitrogens with two attached hydrogens (primary N) is 1. The van der Waals surface area contributed by atoms with E-state index in [1.807, 2.05) is 4.90 Å². The van der Waals surface area contributed by atoms with Crippen LogP contribution in [0.1, 0.15) is 50.4 Å². The zero-order valence-corrected chi connectivity index (χ0v) is 21.2. The van der Waals surface area contributed by atoms with Crippen molar-refractivity contribution in [2.24, 2.45) is 11.7 Å². The molecule has 2 fully saturated rings. The lowest BCUT2D eigenvalue weighted by Gasteiger charge is -2.33. The fourth-order valence-electron chi connectivity index (χ4n) is 5.22. The van der Waals surface area contributed by atoms with Gasteiger partial charge in [-0.2, -0.15) is 4.98 Å². The number of rotatable bonds is 8. The topological polar surface area (TPSA) is 106 Å². The SMILES string of the molecule is CCCc1noc(N2CCC([C@H](C)Oc3cnc(N4C[C@H](c5cc(F)ccc5F)[C@@H](N)C4)nc3)CC2)n1. The Bertz CT molecular complexity index is 1180. The molecule has 1 aromatic carbocycles. The molecule has 0 aliphatic carbocycles. The molecule has 2 N–H and O–H groups in total. The zero-order chi connectivity index (χ0) is 25.9. The maximum Gasteiger partial charge on any atom is 0.324 e. The number of piperidine rings is 1. The van der Waals surface area contributed by atoms with Crippen molar-refractivity contribution in [2.75, 3.05) is 36.0 Å². The van der Waals surface area contributed by atoms with E-state index in [1.165, 1.54) is 6.07 Å². The Labute approximate surface area is 215 Å². The van der Waals surface area contributed by atoms with Gasteiger partial charge < -0.3 is 24.8 Å². The Morgan fingerprint density at radius 2 is 1.89 bits per heavy atom. The average Bonchev–Trinajstić information content (AvgIpc) is 3.53. The van der Waals surface area contributed by atoms with Gasteiger partial charge in [-0.05, 0) is 55.9 Å². The van der Waals surface area contributed by atoms with Crippen LogP contribution in [0.5, 0.6) is 5.75 Å². The molecule has 2 aliphatic heterocycles. The number of anilines is 2. The van der Waals surface area contributed by atoms with Crippen LogP contribution in [0.15, 0.2) is 35.1 Å². The molecule has 198 valence electrons. The second kappa shape index (κ2) is 11.0. The number of hydrogen-bond donors (Lipinski definition) is 1. The van der Waals surface area contributed by atoms with Crippen molar-refractivity contribution in [1.82, 2.24) is 20.1 Å². The maximum absolute atomic E-state index is 14.3.